The topological polar surface area (TPSA) is 25.8 Å². The van der Waals surface area contributed by atoms with Gasteiger partial charge >= 0.3 is 99.8 Å². The summed E-state index contributed by atoms with van der Waals surface area (Å²) in [6.45, 7) is 13.3. The van der Waals surface area contributed by atoms with Gasteiger partial charge in [-0.05, 0) is 81.9 Å². The van der Waals surface area contributed by atoms with Gasteiger partial charge in [-0.2, -0.15) is 11.3 Å². The summed E-state index contributed by atoms with van der Waals surface area (Å²) < 4.78 is 4.01. The quantitative estimate of drug-likeness (QED) is 0.130. The van der Waals surface area contributed by atoms with Crippen molar-refractivity contribution >= 4 is 49.2 Å². The Labute approximate surface area is 312 Å². The minimum atomic E-state index is -1.72. The normalized spacial score (nSPS) is 11.6. The number of benzene rings is 4. The van der Waals surface area contributed by atoms with E-state index in [1.165, 1.54) is 57.9 Å². The zero-order valence-corrected chi connectivity index (χ0v) is 35.3. The molecule has 1 radical (unpaired) electrons. The van der Waals surface area contributed by atoms with Crippen LogP contribution in [0.2, 0.25) is 17.3 Å². The molecule has 3 heterocycles. The number of pyridine rings is 2. The van der Waals surface area contributed by atoms with E-state index in [0.717, 1.165) is 22.5 Å². The van der Waals surface area contributed by atoms with E-state index in [2.05, 4.69) is 137 Å². The molecular weight excluding hydrogens is 853 g/mol. The van der Waals surface area contributed by atoms with Gasteiger partial charge in [0.15, 0.2) is 0 Å². The summed E-state index contributed by atoms with van der Waals surface area (Å²) in [6.07, 6.45) is 3.97. The van der Waals surface area contributed by atoms with Crippen molar-refractivity contribution in [1.82, 2.24) is 9.97 Å². The Balaban J connectivity index is 0.000000233. The van der Waals surface area contributed by atoms with Crippen molar-refractivity contribution in [2.75, 3.05) is 0 Å². The first-order valence-corrected chi connectivity index (χ1v) is 24.8. The van der Waals surface area contributed by atoms with E-state index in [1.54, 1.807) is 0 Å². The Bertz CT molecular complexity index is 2200. The van der Waals surface area contributed by atoms with Gasteiger partial charge in [-0.1, -0.05) is 62.1 Å². The number of rotatable bonds is 4. The molecule has 0 saturated carbocycles. The largest absolute Gasteiger partial charge is 0 e. The van der Waals surface area contributed by atoms with E-state index in [4.69, 9.17) is 4.98 Å². The molecule has 7 rings (SSSR count). The molecule has 4 aromatic carbocycles. The number of aromatic nitrogens is 2. The van der Waals surface area contributed by atoms with E-state index < -0.39 is 13.3 Å². The van der Waals surface area contributed by atoms with Crippen LogP contribution >= 0.6 is 11.3 Å². The fourth-order valence-corrected chi connectivity index (χ4v) is 9.73. The van der Waals surface area contributed by atoms with Crippen molar-refractivity contribution in [3.05, 3.63) is 138 Å². The molecule has 0 spiro atoms. The van der Waals surface area contributed by atoms with Crippen LogP contribution in [-0.4, -0.2) is 23.2 Å². The van der Waals surface area contributed by atoms with Crippen LogP contribution in [0.3, 0.4) is 0 Å². The summed E-state index contributed by atoms with van der Waals surface area (Å²) in [6, 6.07) is 39.0. The summed E-state index contributed by atoms with van der Waals surface area (Å²) >= 11 is 0.133. The molecule has 0 fully saturated rings. The van der Waals surface area contributed by atoms with E-state index in [0.29, 0.717) is 0 Å². The zero-order valence-electron chi connectivity index (χ0n) is 30.0. The molecule has 0 amide bonds. The molecule has 3 aromatic heterocycles. The molecule has 0 atom stereocenters. The van der Waals surface area contributed by atoms with E-state index >= 15 is 0 Å². The summed E-state index contributed by atoms with van der Waals surface area (Å²) in [5, 5.41) is 2.59. The van der Waals surface area contributed by atoms with Crippen molar-refractivity contribution in [3.63, 3.8) is 0 Å². The van der Waals surface area contributed by atoms with Crippen LogP contribution in [-0.2, 0) is 25.5 Å². The molecule has 7 aromatic rings. The van der Waals surface area contributed by atoms with Crippen LogP contribution in [0.5, 0.6) is 0 Å². The average Bonchev–Trinajstić information content (AvgIpc) is 3.42. The fraction of sp³-hybridized carbons (Fsp3) is 0.227. The Morgan fingerprint density at radius 2 is 1.47 bits per heavy atom. The van der Waals surface area contributed by atoms with E-state index in [9.17, 15) is 0 Å². The van der Waals surface area contributed by atoms with Gasteiger partial charge in [0.1, 0.15) is 0 Å². The van der Waals surface area contributed by atoms with Gasteiger partial charge in [0.05, 0.1) is 0 Å². The zero-order chi connectivity index (χ0) is 34.2. The molecule has 49 heavy (non-hydrogen) atoms. The van der Waals surface area contributed by atoms with Crippen molar-refractivity contribution < 1.29 is 20.1 Å². The molecule has 0 saturated heterocycles. The van der Waals surface area contributed by atoms with Crippen LogP contribution in [0.1, 0.15) is 43.0 Å². The van der Waals surface area contributed by atoms with Gasteiger partial charge in [0.25, 0.3) is 0 Å². The molecular formula is C44H44GeIrN2S-2. The summed E-state index contributed by atoms with van der Waals surface area (Å²) in [7, 11) is 0. The van der Waals surface area contributed by atoms with Gasteiger partial charge in [0.2, 0.25) is 0 Å². The van der Waals surface area contributed by atoms with Gasteiger partial charge in [-0.15, -0.1) is 23.8 Å². The fourth-order valence-electron chi connectivity index (χ4n) is 6.31. The predicted molar refractivity (Wildman–Crippen MR) is 211 cm³/mol. The molecule has 0 bridgehead atoms. The average molecular weight is 898 g/mol. The van der Waals surface area contributed by atoms with Gasteiger partial charge in [0, 0.05) is 31.0 Å². The molecule has 251 valence electrons. The van der Waals surface area contributed by atoms with Crippen molar-refractivity contribution in [3.8, 4) is 33.6 Å². The first-order chi connectivity index (χ1) is 22.8. The Hall–Kier alpha value is -3.41. The molecule has 0 aliphatic heterocycles. The number of thiophene rings is 1. The van der Waals surface area contributed by atoms with Crippen LogP contribution in [0, 0.1) is 32.9 Å². The van der Waals surface area contributed by atoms with E-state index in [1.807, 2.05) is 54.1 Å². The molecule has 2 nitrogen and oxygen atoms in total. The predicted octanol–water partition coefficient (Wildman–Crippen LogP) is 11.9. The first-order valence-electron chi connectivity index (χ1n) is 16.7. The van der Waals surface area contributed by atoms with Gasteiger partial charge in [-0.25, -0.2) is 0 Å². The summed E-state index contributed by atoms with van der Waals surface area (Å²) in [5.41, 5.74) is 12.2. The van der Waals surface area contributed by atoms with Crippen LogP contribution in [0.15, 0.2) is 103 Å². The minimum Gasteiger partial charge on any atom is 0 e. The van der Waals surface area contributed by atoms with Crippen LogP contribution < -0.4 is 4.40 Å². The van der Waals surface area contributed by atoms with Gasteiger partial charge in [-0.3, -0.25) is 0 Å². The van der Waals surface area contributed by atoms with Crippen molar-refractivity contribution in [1.29, 1.82) is 0 Å². The standard InChI is InChI=1S/C30H28NS.C14H16GeN.Ir/c1-18-14-19(2)28(20(3)15-18)21-10-11-23-24-8-7-9-25(29(24)32-27(23)16-21)26-17-22(12-13-31-26)30(4,5)6;1-15(2,3)13-9-10-14(16-11-13)12-7-5-4-6-8-12;/h7-8,10-17H,1-6H3;4-7,9-11H,1-3H3;/q2*-1;. The number of fused-ring (bicyclic) bond motifs is 3. The maximum Gasteiger partial charge on any atom is 0 e. The molecule has 0 N–H and O–H groups in total. The second kappa shape index (κ2) is 14.8. The Kier molecular flexibility index (Phi) is 11.2. The number of nitrogens with zero attached hydrogens (tertiary/aromatic N) is 2. The third kappa shape index (κ3) is 8.16. The third-order valence-electron chi connectivity index (χ3n) is 8.90. The third-order valence-corrected chi connectivity index (χ3v) is 14.3. The monoisotopic (exact) mass is 899 g/mol. The molecule has 5 heteroatoms. The summed E-state index contributed by atoms with van der Waals surface area (Å²) in [5.74, 6) is 7.14. The number of hydrogen-bond donors (Lipinski definition) is 0. The first kappa shape index (κ1) is 36.9. The van der Waals surface area contributed by atoms with Crippen LogP contribution in [0.25, 0.3) is 53.8 Å². The Morgan fingerprint density at radius 1 is 0.714 bits per heavy atom. The maximum atomic E-state index is 4.72. The number of hydrogen-bond acceptors (Lipinski definition) is 3. The Morgan fingerprint density at radius 3 is 2.10 bits per heavy atom. The number of aryl methyl sites for hydroxylation is 3. The van der Waals surface area contributed by atoms with Crippen LogP contribution in [0.4, 0.5) is 0 Å². The molecule has 0 aliphatic rings. The molecule has 0 aliphatic carbocycles. The minimum absolute atomic E-state index is 0. The SMILES string of the molecule is Cc1cc(C)c(-c2ccc3c(c2)sc2c(-c4cc(C(C)(C)C)ccn4)[c-]ccc23)c(C)c1.[CH3][Ge]([CH3])([CH3])[c]1ccc(-c2[c-]cccc2)nc1.[Ir]. The maximum absolute atomic E-state index is 4.72. The van der Waals surface area contributed by atoms with Gasteiger partial charge < -0.3 is 4.98 Å². The summed E-state index contributed by atoms with van der Waals surface area (Å²) in [4.78, 5) is 9.25. The van der Waals surface area contributed by atoms with E-state index in [-0.39, 0.29) is 25.5 Å². The van der Waals surface area contributed by atoms with Crippen molar-refractivity contribution in [2.45, 2.75) is 64.2 Å². The van der Waals surface area contributed by atoms with Crippen molar-refractivity contribution in [2.24, 2.45) is 0 Å². The second-order valence-corrected chi connectivity index (χ2v) is 26.5. The molecule has 0 unspecified atom stereocenters. The smallest absolute Gasteiger partial charge is 0 e. The second-order valence-electron chi connectivity index (χ2n) is 14.8.